The third kappa shape index (κ3) is 3.10. The van der Waals surface area contributed by atoms with E-state index in [-0.39, 0.29) is 12.6 Å². The van der Waals surface area contributed by atoms with Crippen LogP contribution < -0.4 is 0 Å². The van der Waals surface area contributed by atoms with Crippen LogP contribution in [-0.2, 0) is 26.1 Å². The van der Waals surface area contributed by atoms with Gasteiger partial charge in [0.15, 0.2) is 0 Å². The molecule has 0 fully saturated rings. The van der Waals surface area contributed by atoms with Gasteiger partial charge in [0.25, 0.3) is 0 Å². The zero-order chi connectivity index (χ0) is 18.9. The lowest BCUT2D eigenvalue weighted by Gasteiger charge is -2.31. The van der Waals surface area contributed by atoms with Crippen LogP contribution in [0.15, 0.2) is 51.9 Å². The number of imidazole rings is 1. The Hall–Kier alpha value is -3.30. The quantitative estimate of drug-likeness (QED) is 0.543. The molecule has 0 radical (unpaired) electrons. The number of aromatic nitrogens is 5. The van der Waals surface area contributed by atoms with Crippen LogP contribution in [0.3, 0.4) is 0 Å². The lowest BCUT2D eigenvalue weighted by molar-refractivity contribution is 0.117. The van der Waals surface area contributed by atoms with Crippen molar-refractivity contribution in [2.24, 2.45) is 0 Å². The normalized spacial score (nSPS) is 17.0. The Labute approximate surface area is 160 Å². The monoisotopic (exact) mass is 378 g/mol. The summed E-state index contributed by atoms with van der Waals surface area (Å²) in [6.45, 7) is 1.09. The molecule has 0 bridgehead atoms. The first-order valence-corrected chi connectivity index (χ1v) is 8.98. The SMILES string of the molecule is OCc1ccc(CN2Cc3[nH]cnc3C[C@H]2c2nc(-c3ccncc3)no2)o1. The van der Waals surface area contributed by atoms with Crippen molar-refractivity contribution >= 4 is 0 Å². The molecule has 142 valence electrons. The van der Waals surface area contributed by atoms with E-state index in [4.69, 9.17) is 8.94 Å². The summed E-state index contributed by atoms with van der Waals surface area (Å²) in [7, 11) is 0. The van der Waals surface area contributed by atoms with E-state index in [2.05, 4.69) is 30.0 Å². The van der Waals surface area contributed by atoms with Gasteiger partial charge in [0.1, 0.15) is 18.1 Å². The van der Waals surface area contributed by atoms with E-state index in [0.717, 1.165) is 22.7 Å². The van der Waals surface area contributed by atoms with E-state index >= 15 is 0 Å². The van der Waals surface area contributed by atoms with E-state index in [9.17, 15) is 5.11 Å². The van der Waals surface area contributed by atoms with Crippen LogP contribution in [0.4, 0.5) is 0 Å². The highest BCUT2D eigenvalue weighted by Crippen LogP contribution is 2.33. The van der Waals surface area contributed by atoms with Crippen molar-refractivity contribution < 1.29 is 14.0 Å². The molecule has 4 aromatic heterocycles. The number of hydrogen-bond acceptors (Lipinski definition) is 8. The largest absolute Gasteiger partial charge is 0.462 e. The summed E-state index contributed by atoms with van der Waals surface area (Å²) in [4.78, 5) is 18.5. The molecular formula is C19H18N6O3. The second-order valence-electron chi connectivity index (χ2n) is 6.67. The average molecular weight is 378 g/mol. The number of aliphatic hydroxyl groups excluding tert-OH is 1. The van der Waals surface area contributed by atoms with E-state index in [0.29, 0.717) is 37.0 Å². The minimum absolute atomic E-state index is 0.118. The van der Waals surface area contributed by atoms with Crippen LogP contribution in [0, 0.1) is 0 Å². The number of H-pyrrole nitrogens is 1. The molecule has 5 heterocycles. The maximum Gasteiger partial charge on any atom is 0.244 e. The Bertz CT molecular complexity index is 1070. The van der Waals surface area contributed by atoms with Crippen molar-refractivity contribution in [3.8, 4) is 11.4 Å². The van der Waals surface area contributed by atoms with Gasteiger partial charge in [-0.05, 0) is 24.3 Å². The summed E-state index contributed by atoms with van der Waals surface area (Å²) < 4.78 is 11.3. The number of nitrogens with one attached hydrogen (secondary N) is 1. The predicted octanol–water partition coefficient (Wildman–Crippen LogP) is 2.24. The van der Waals surface area contributed by atoms with Crippen LogP contribution in [-0.4, -0.2) is 35.1 Å². The number of aliphatic hydroxyl groups is 1. The predicted molar refractivity (Wildman–Crippen MR) is 96.4 cm³/mol. The third-order valence-electron chi connectivity index (χ3n) is 4.89. The molecule has 0 unspecified atom stereocenters. The summed E-state index contributed by atoms with van der Waals surface area (Å²) in [5.41, 5.74) is 2.92. The highest BCUT2D eigenvalue weighted by atomic mass is 16.5. The van der Waals surface area contributed by atoms with E-state index in [1.54, 1.807) is 24.8 Å². The fourth-order valence-electron chi connectivity index (χ4n) is 3.48. The van der Waals surface area contributed by atoms with Gasteiger partial charge in [0.2, 0.25) is 11.7 Å². The summed E-state index contributed by atoms with van der Waals surface area (Å²) in [6, 6.07) is 7.23. The number of hydrogen-bond donors (Lipinski definition) is 2. The van der Waals surface area contributed by atoms with Crippen molar-refractivity contribution in [2.75, 3.05) is 0 Å². The first-order chi connectivity index (χ1) is 13.8. The first-order valence-electron chi connectivity index (χ1n) is 8.98. The van der Waals surface area contributed by atoms with Crippen LogP contribution >= 0.6 is 0 Å². The molecule has 1 aliphatic rings. The Morgan fingerprint density at radius 2 is 2.04 bits per heavy atom. The first kappa shape index (κ1) is 16.8. The molecule has 1 atom stereocenters. The molecule has 4 aromatic rings. The molecule has 0 spiro atoms. The standard InChI is InChI=1S/C19H18N6O3/c26-10-14-2-1-13(27-14)8-25-9-16-15(21-11-22-16)7-17(25)19-23-18(24-28-19)12-3-5-20-6-4-12/h1-6,11,17,26H,7-10H2,(H,21,22)/t17-/m0/s1. The number of nitrogens with zero attached hydrogens (tertiary/aromatic N) is 5. The minimum atomic E-state index is -0.124. The Balaban J connectivity index is 1.45. The number of pyridine rings is 1. The highest BCUT2D eigenvalue weighted by Gasteiger charge is 2.33. The van der Waals surface area contributed by atoms with Crippen molar-refractivity contribution in [1.29, 1.82) is 0 Å². The maximum absolute atomic E-state index is 9.24. The number of aromatic amines is 1. The fourth-order valence-corrected chi connectivity index (χ4v) is 3.48. The number of rotatable bonds is 5. The molecule has 0 amide bonds. The van der Waals surface area contributed by atoms with Crippen LogP contribution in [0.5, 0.6) is 0 Å². The molecule has 9 nitrogen and oxygen atoms in total. The average Bonchev–Trinajstić information content (AvgIpc) is 3.48. The molecule has 9 heteroatoms. The smallest absolute Gasteiger partial charge is 0.244 e. The molecule has 1 aliphatic heterocycles. The van der Waals surface area contributed by atoms with Gasteiger partial charge in [-0.25, -0.2) is 4.98 Å². The van der Waals surface area contributed by atoms with Crippen LogP contribution in [0.2, 0.25) is 0 Å². The zero-order valence-electron chi connectivity index (χ0n) is 14.9. The van der Waals surface area contributed by atoms with E-state index in [1.165, 1.54) is 0 Å². The Morgan fingerprint density at radius 1 is 1.18 bits per heavy atom. The summed E-state index contributed by atoms with van der Waals surface area (Å²) in [6.07, 6.45) is 5.76. The molecule has 2 N–H and O–H groups in total. The van der Waals surface area contributed by atoms with Crippen molar-refractivity contribution in [3.05, 3.63) is 71.8 Å². The molecule has 5 rings (SSSR count). The molecule has 0 aliphatic carbocycles. The summed E-state index contributed by atoms with van der Waals surface area (Å²) >= 11 is 0. The summed E-state index contributed by atoms with van der Waals surface area (Å²) in [5, 5.41) is 13.4. The van der Waals surface area contributed by atoms with Crippen molar-refractivity contribution in [3.63, 3.8) is 0 Å². The Kier molecular flexibility index (Phi) is 4.22. The molecule has 0 saturated heterocycles. The molecular weight excluding hydrogens is 360 g/mol. The van der Waals surface area contributed by atoms with Crippen molar-refractivity contribution in [2.45, 2.75) is 32.2 Å². The van der Waals surface area contributed by atoms with Gasteiger partial charge in [-0.2, -0.15) is 4.98 Å². The van der Waals surface area contributed by atoms with Gasteiger partial charge >= 0.3 is 0 Å². The van der Waals surface area contributed by atoms with Gasteiger partial charge in [-0.3, -0.25) is 9.88 Å². The van der Waals surface area contributed by atoms with Crippen LogP contribution in [0.25, 0.3) is 11.4 Å². The number of fused-ring (bicyclic) bond motifs is 1. The van der Waals surface area contributed by atoms with Gasteiger partial charge in [-0.1, -0.05) is 5.16 Å². The molecule has 0 aromatic carbocycles. The molecule has 28 heavy (non-hydrogen) atoms. The van der Waals surface area contributed by atoms with Gasteiger partial charge in [0, 0.05) is 30.9 Å². The highest BCUT2D eigenvalue weighted by molar-refractivity contribution is 5.52. The van der Waals surface area contributed by atoms with Crippen molar-refractivity contribution in [1.82, 2.24) is 30.0 Å². The number of furan rings is 1. The topological polar surface area (TPSA) is 117 Å². The second kappa shape index (κ2) is 7.02. The lowest BCUT2D eigenvalue weighted by Crippen LogP contribution is -2.34. The van der Waals surface area contributed by atoms with E-state index < -0.39 is 0 Å². The molecule has 0 saturated carbocycles. The van der Waals surface area contributed by atoms with E-state index in [1.807, 2.05) is 18.2 Å². The van der Waals surface area contributed by atoms with Gasteiger partial charge in [-0.15, -0.1) is 0 Å². The van der Waals surface area contributed by atoms with Gasteiger partial charge in [0.05, 0.1) is 30.3 Å². The summed E-state index contributed by atoms with van der Waals surface area (Å²) in [5.74, 6) is 2.38. The lowest BCUT2D eigenvalue weighted by atomic mass is 10.0. The second-order valence-corrected chi connectivity index (χ2v) is 6.67. The Morgan fingerprint density at radius 3 is 2.86 bits per heavy atom. The zero-order valence-corrected chi connectivity index (χ0v) is 14.9. The fraction of sp³-hybridized carbons (Fsp3) is 0.263. The minimum Gasteiger partial charge on any atom is -0.462 e. The van der Waals surface area contributed by atoms with Crippen LogP contribution in [0.1, 0.15) is 34.8 Å². The van der Waals surface area contributed by atoms with Gasteiger partial charge < -0.3 is 19.0 Å². The maximum atomic E-state index is 9.24. The third-order valence-corrected chi connectivity index (χ3v) is 4.89.